The molecule has 0 spiro atoms. The molecule has 2 atom stereocenters. The quantitative estimate of drug-likeness (QED) is 0.515. The van der Waals surface area contributed by atoms with Crippen molar-refractivity contribution < 1.29 is 23.2 Å². The van der Waals surface area contributed by atoms with Gasteiger partial charge < -0.3 is 24.2 Å². The minimum atomic E-state index is -3.55. The summed E-state index contributed by atoms with van der Waals surface area (Å²) in [7, 11) is -3.55. The van der Waals surface area contributed by atoms with Gasteiger partial charge in [-0.15, -0.1) is 0 Å². The van der Waals surface area contributed by atoms with Crippen LogP contribution in [-0.4, -0.2) is 46.4 Å². The summed E-state index contributed by atoms with van der Waals surface area (Å²) in [6.45, 7) is 10.8. The molecular formula is C21H31N4O6P. The van der Waals surface area contributed by atoms with Gasteiger partial charge in [-0.2, -0.15) is 0 Å². The molecule has 0 aliphatic heterocycles. The first-order chi connectivity index (χ1) is 15.1. The summed E-state index contributed by atoms with van der Waals surface area (Å²) < 4.78 is 25.0. The molecule has 0 radical (unpaired) electrons. The molecule has 2 amide bonds. The fourth-order valence-electron chi connectivity index (χ4n) is 3.13. The third-order valence-corrected chi connectivity index (χ3v) is 7.14. The molecule has 0 saturated heterocycles. The zero-order valence-electron chi connectivity index (χ0n) is 19.3. The van der Waals surface area contributed by atoms with Crippen molar-refractivity contribution in [1.82, 2.24) is 20.2 Å². The van der Waals surface area contributed by atoms with Crippen LogP contribution >= 0.6 is 7.60 Å². The highest BCUT2D eigenvalue weighted by Gasteiger charge is 2.34. The van der Waals surface area contributed by atoms with Crippen LogP contribution in [-0.2, 0) is 25.0 Å². The summed E-state index contributed by atoms with van der Waals surface area (Å²) in [6, 6.07) is 2.35. The molecule has 2 aromatic heterocycles. The zero-order valence-corrected chi connectivity index (χ0v) is 20.2. The van der Waals surface area contributed by atoms with E-state index in [0.717, 1.165) is 5.69 Å². The summed E-state index contributed by atoms with van der Waals surface area (Å²) in [5.41, 5.74) is 0.697. The number of nitrogens with one attached hydrogen (secondary N) is 2. The molecule has 2 N–H and O–H groups in total. The number of carbonyl (C=O) groups excluding carboxylic acids is 2. The Hall–Kier alpha value is -2.55. The summed E-state index contributed by atoms with van der Waals surface area (Å²) in [5, 5.41) is 5.41. The Balaban J connectivity index is 2.22. The fourth-order valence-corrected chi connectivity index (χ4v) is 4.66. The van der Waals surface area contributed by atoms with Crippen molar-refractivity contribution in [1.29, 1.82) is 0 Å². The number of aryl methyl sites for hydroxylation is 2. The monoisotopic (exact) mass is 466 g/mol. The number of hydrogen-bond acceptors (Lipinski definition) is 7. The van der Waals surface area contributed by atoms with Gasteiger partial charge in [-0.05, 0) is 53.7 Å². The van der Waals surface area contributed by atoms with Crippen LogP contribution in [0.1, 0.15) is 50.7 Å². The summed E-state index contributed by atoms with van der Waals surface area (Å²) in [6.07, 6.45) is 1.44. The lowest BCUT2D eigenvalue weighted by Gasteiger charge is -2.25. The van der Waals surface area contributed by atoms with Crippen molar-refractivity contribution in [3.8, 4) is 0 Å². The molecule has 2 aromatic rings. The van der Waals surface area contributed by atoms with Crippen LogP contribution in [0.25, 0.3) is 11.0 Å². The molecule has 0 saturated carbocycles. The Kier molecular flexibility index (Phi) is 8.72. The van der Waals surface area contributed by atoms with E-state index >= 15 is 0 Å². The molecule has 10 nitrogen and oxygen atoms in total. The van der Waals surface area contributed by atoms with Crippen molar-refractivity contribution in [2.75, 3.05) is 13.2 Å². The van der Waals surface area contributed by atoms with Crippen LogP contribution in [0.2, 0.25) is 0 Å². The topological polar surface area (TPSA) is 129 Å². The molecule has 0 aromatic carbocycles. The Labute approximate surface area is 187 Å². The van der Waals surface area contributed by atoms with E-state index in [-0.39, 0.29) is 18.8 Å². The average Bonchev–Trinajstić information content (AvgIpc) is 2.74. The van der Waals surface area contributed by atoms with E-state index in [1.807, 2.05) is 13.8 Å². The van der Waals surface area contributed by atoms with Crippen LogP contribution in [0.15, 0.2) is 23.1 Å². The van der Waals surface area contributed by atoms with Crippen LogP contribution in [0.5, 0.6) is 0 Å². The number of pyridine rings is 2. The van der Waals surface area contributed by atoms with Crippen LogP contribution < -0.4 is 16.1 Å². The van der Waals surface area contributed by atoms with E-state index in [1.54, 1.807) is 30.5 Å². The second-order valence-corrected chi connectivity index (χ2v) is 9.61. The average molecular weight is 466 g/mol. The first kappa shape index (κ1) is 25.7. The first-order valence-corrected chi connectivity index (χ1v) is 12.2. The van der Waals surface area contributed by atoms with Gasteiger partial charge in [0.05, 0.1) is 18.6 Å². The maximum atomic E-state index is 12.9. The van der Waals surface area contributed by atoms with Crippen LogP contribution in [0.3, 0.4) is 0 Å². The van der Waals surface area contributed by atoms with Gasteiger partial charge in [-0.1, -0.05) is 0 Å². The molecule has 0 fully saturated rings. The molecule has 0 bridgehead atoms. The second-order valence-electron chi connectivity index (χ2n) is 7.24. The van der Waals surface area contributed by atoms with Gasteiger partial charge in [0.2, 0.25) is 11.3 Å². The van der Waals surface area contributed by atoms with Gasteiger partial charge in [0.1, 0.15) is 23.0 Å². The predicted molar refractivity (Wildman–Crippen MR) is 122 cm³/mol. The van der Waals surface area contributed by atoms with Gasteiger partial charge in [-0.25, -0.2) is 4.98 Å². The molecule has 0 aliphatic carbocycles. The van der Waals surface area contributed by atoms with E-state index < -0.39 is 36.7 Å². The SMILES string of the molecule is CCOP(=O)(OCC)C(C)NC(=O)C(C)NC(=O)c1cn(CC)c2nc(C)ccc2c1=O. The van der Waals surface area contributed by atoms with Crippen LogP contribution in [0.4, 0.5) is 0 Å². The Bertz CT molecular complexity index is 1090. The van der Waals surface area contributed by atoms with Gasteiger partial charge >= 0.3 is 7.60 Å². The maximum absolute atomic E-state index is 12.9. The highest BCUT2D eigenvalue weighted by Crippen LogP contribution is 2.51. The summed E-state index contributed by atoms with van der Waals surface area (Å²) in [4.78, 5) is 42.7. The smallest absolute Gasteiger partial charge is 0.340 e. The largest absolute Gasteiger partial charge is 0.352 e. The second kappa shape index (κ2) is 10.8. The standard InChI is InChI=1S/C21H31N4O6P/c1-7-25-12-17(18(26)16-11-10-13(4)22-19(16)25)21(28)23-14(5)20(27)24-15(6)32(29,30-8-2)31-9-3/h10-12,14-15H,7-9H2,1-6H3,(H,23,28)(H,24,27). The normalized spacial score (nSPS) is 13.6. The number of hydrogen-bond donors (Lipinski definition) is 2. The van der Waals surface area contributed by atoms with E-state index in [9.17, 15) is 18.9 Å². The molecule has 176 valence electrons. The first-order valence-electron chi connectivity index (χ1n) is 10.6. The van der Waals surface area contributed by atoms with Gasteiger partial charge in [0, 0.05) is 18.4 Å². The molecule has 2 rings (SSSR count). The summed E-state index contributed by atoms with van der Waals surface area (Å²) >= 11 is 0. The number of carbonyl (C=O) groups is 2. The van der Waals surface area contributed by atoms with Crippen molar-refractivity contribution in [3.05, 3.63) is 39.8 Å². The van der Waals surface area contributed by atoms with E-state index in [0.29, 0.717) is 17.6 Å². The molecule has 32 heavy (non-hydrogen) atoms. The number of aromatic nitrogens is 2. The minimum Gasteiger partial charge on any atom is -0.340 e. The molecule has 2 unspecified atom stereocenters. The maximum Gasteiger partial charge on any atom is 0.352 e. The molecule has 0 aliphatic rings. The van der Waals surface area contributed by atoms with Gasteiger partial charge in [0.15, 0.2) is 0 Å². The van der Waals surface area contributed by atoms with Crippen LogP contribution in [0, 0.1) is 6.92 Å². The lowest BCUT2D eigenvalue weighted by atomic mass is 10.1. The molecule has 11 heteroatoms. The Morgan fingerprint density at radius 2 is 1.75 bits per heavy atom. The molecule has 2 heterocycles. The number of rotatable bonds is 10. The zero-order chi connectivity index (χ0) is 24.1. The molecular weight excluding hydrogens is 435 g/mol. The van der Waals surface area contributed by atoms with E-state index in [1.165, 1.54) is 20.0 Å². The van der Waals surface area contributed by atoms with Gasteiger partial charge in [0.25, 0.3) is 5.91 Å². The summed E-state index contributed by atoms with van der Waals surface area (Å²) in [5.74, 6) is -2.19. The lowest BCUT2D eigenvalue weighted by molar-refractivity contribution is -0.122. The minimum absolute atomic E-state index is 0.0907. The number of fused-ring (bicyclic) bond motifs is 1. The highest BCUT2D eigenvalue weighted by atomic mass is 31.2. The predicted octanol–water partition coefficient (Wildman–Crippen LogP) is 2.57. The Morgan fingerprint density at radius 3 is 2.31 bits per heavy atom. The number of nitrogens with zero attached hydrogens (tertiary/aromatic N) is 2. The van der Waals surface area contributed by atoms with Crippen molar-refractivity contribution >= 4 is 30.4 Å². The number of amides is 2. The highest BCUT2D eigenvalue weighted by molar-refractivity contribution is 7.54. The fraction of sp³-hybridized carbons (Fsp3) is 0.524. The van der Waals surface area contributed by atoms with E-state index in [2.05, 4.69) is 15.6 Å². The third kappa shape index (κ3) is 5.62. The van der Waals surface area contributed by atoms with Crippen molar-refractivity contribution in [2.24, 2.45) is 0 Å². The third-order valence-electron chi connectivity index (χ3n) is 4.83. The van der Waals surface area contributed by atoms with E-state index in [4.69, 9.17) is 9.05 Å². The van der Waals surface area contributed by atoms with Crippen molar-refractivity contribution in [2.45, 2.75) is 59.9 Å². The lowest BCUT2D eigenvalue weighted by Crippen LogP contribution is -2.48. The van der Waals surface area contributed by atoms with Gasteiger partial charge in [-0.3, -0.25) is 18.9 Å². The van der Waals surface area contributed by atoms with Crippen molar-refractivity contribution in [3.63, 3.8) is 0 Å². The Morgan fingerprint density at radius 1 is 1.12 bits per heavy atom.